The molecule has 0 bridgehead atoms. The van der Waals surface area contributed by atoms with Crippen LogP contribution in [0.5, 0.6) is 11.5 Å². The molecule has 1 fully saturated rings. The summed E-state index contributed by atoms with van der Waals surface area (Å²) in [5.41, 5.74) is 3.13. The van der Waals surface area contributed by atoms with E-state index in [2.05, 4.69) is 40.7 Å². The van der Waals surface area contributed by atoms with Crippen LogP contribution in [0, 0.1) is 11.3 Å². The Morgan fingerprint density at radius 3 is 2.28 bits per heavy atom. The molecular formula is C22H32O3. The van der Waals surface area contributed by atoms with Gasteiger partial charge in [-0.25, -0.2) is 0 Å². The molecule has 1 aromatic carbocycles. The average molecular weight is 344 g/mol. The fourth-order valence-corrected chi connectivity index (χ4v) is 5.50. The fourth-order valence-electron chi connectivity index (χ4n) is 5.50. The van der Waals surface area contributed by atoms with Crippen LogP contribution in [-0.2, 0) is 5.41 Å². The van der Waals surface area contributed by atoms with Gasteiger partial charge in [-0.15, -0.1) is 0 Å². The normalized spacial score (nSPS) is 27.7. The lowest BCUT2D eigenvalue weighted by molar-refractivity contribution is 0.0354. The lowest BCUT2D eigenvalue weighted by Crippen LogP contribution is -2.49. The van der Waals surface area contributed by atoms with Gasteiger partial charge in [0.25, 0.3) is 0 Å². The zero-order valence-corrected chi connectivity index (χ0v) is 16.8. The molecule has 0 spiro atoms. The second-order valence-electron chi connectivity index (χ2n) is 9.05. The number of ether oxygens (including phenoxy) is 2. The molecule has 0 radical (unpaired) electrons. The molecule has 0 N–H and O–H groups in total. The number of carbonyl (C=O) groups excluding carboxylic acids is 1. The summed E-state index contributed by atoms with van der Waals surface area (Å²) in [5.74, 6) is 2.46. The molecule has 3 nitrogen and oxygen atoms in total. The molecule has 0 aliphatic heterocycles. The molecule has 0 aromatic heterocycles. The molecule has 2 atom stereocenters. The minimum Gasteiger partial charge on any atom is -0.493 e. The molecule has 0 unspecified atom stereocenters. The summed E-state index contributed by atoms with van der Waals surface area (Å²) in [4.78, 5) is 13.1. The summed E-state index contributed by atoms with van der Waals surface area (Å²) in [6.45, 7) is 11.2. The molecule has 1 aromatic rings. The van der Waals surface area contributed by atoms with E-state index in [9.17, 15) is 4.79 Å². The Kier molecular flexibility index (Phi) is 4.41. The number of carbonyl (C=O) groups is 1. The monoisotopic (exact) mass is 344 g/mol. The number of hydrogen-bond donors (Lipinski definition) is 0. The van der Waals surface area contributed by atoms with E-state index in [1.807, 2.05) is 0 Å². The van der Waals surface area contributed by atoms with Crippen molar-refractivity contribution >= 4 is 5.78 Å². The minimum atomic E-state index is -0.0425. The van der Waals surface area contributed by atoms with E-state index < -0.39 is 0 Å². The lowest BCUT2D eigenvalue weighted by atomic mass is 9.50. The Bertz CT molecular complexity index is 702. The topological polar surface area (TPSA) is 35.5 Å². The minimum absolute atomic E-state index is 0.0425. The van der Waals surface area contributed by atoms with E-state index in [4.69, 9.17) is 9.47 Å². The predicted molar refractivity (Wildman–Crippen MR) is 101 cm³/mol. The van der Waals surface area contributed by atoms with E-state index >= 15 is 0 Å². The Morgan fingerprint density at radius 1 is 1.08 bits per heavy atom. The molecule has 0 saturated heterocycles. The number of fused-ring (bicyclic) bond motifs is 3. The molecule has 0 heterocycles. The first-order chi connectivity index (χ1) is 11.7. The third-order valence-electron chi connectivity index (χ3n) is 6.79. The molecule has 1 saturated carbocycles. The van der Waals surface area contributed by atoms with E-state index in [0.29, 0.717) is 12.3 Å². The van der Waals surface area contributed by atoms with E-state index in [1.165, 1.54) is 12.8 Å². The van der Waals surface area contributed by atoms with Crippen LogP contribution in [-0.4, -0.2) is 20.0 Å². The Labute approximate surface area is 152 Å². The van der Waals surface area contributed by atoms with Gasteiger partial charge in [-0.1, -0.05) is 41.0 Å². The van der Waals surface area contributed by atoms with Crippen LogP contribution in [0.1, 0.15) is 87.7 Å². The van der Waals surface area contributed by atoms with Crippen LogP contribution >= 0.6 is 0 Å². The zero-order chi connectivity index (χ0) is 18.6. The van der Waals surface area contributed by atoms with Gasteiger partial charge in [0.2, 0.25) is 0 Å². The predicted octanol–water partition coefficient (Wildman–Crippen LogP) is 5.50. The molecule has 3 rings (SSSR count). The van der Waals surface area contributed by atoms with Gasteiger partial charge in [0, 0.05) is 28.5 Å². The smallest absolute Gasteiger partial charge is 0.165 e. The maximum absolute atomic E-state index is 13.1. The molecule has 2 aliphatic carbocycles. The fraction of sp³-hybridized carbons (Fsp3) is 0.682. The standard InChI is InChI=1S/C22H32O3/c1-13(2)14-11-15-16(23)12-17-21(3,4)9-8-10-22(17,5)18(15)20(25-7)19(14)24-6/h11,13,17H,8-10,12H2,1-7H3/t17-,22-/m0/s1. The third kappa shape index (κ3) is 2.58. The first-order valence-electron chi connectivity index (χ1n) is 9.50. The van der Waals surface area contributed by atoms with Crippen LogP contribution in [0.4, 0.5) is 0 Å². The number of Topliss-reactive ketones (excluding diaryl/α,β-unsaturated/α-hetero) is 1. The highest BCUT2D eigenvalue weighted by Crippen LogP contribution is 2.60. The lowest BCUT2D eigenvalue weighted by Gasteiger charge is -2.54. The van der Waals surface area contributed by atoms with Gasteiger partial charge >= 0.3 is 0 Å². The van der Waals surface area contributed by atoms with Crippen molar-refractivity contribution in [2.75, 3.05) is 14.2 Å². The van der Waals surface area contributed by atoms with Crippen molar-refractivity contribution in [3.05, 3.63) is 22.8 Å². The quantitative estimate of drug-likeness (QED) is 0.726. The van der Waals surface area contributed by atoms with Crippen LogP contribution in [0.2, 0.25) is 0 Å². The van der Waals surface area contributed by atoms with Gasteiger partial charge in [0.05, 0.1) is 14.2 Å². The summed E-state index contributed by atoms with van der Waals surface area (Å²) >= 11 is 0. The van der Waals surface area contributed by atoms with Gasteiger partial charge in [-0.3, -0.25) is 4.79 Å². The second-order valence-corrected chi connectivity index (χ2v) is 9.05. The van der Waals surface area contributed by atoms with Gasteiger partial charge < -0.3 is 9.47 Å². The van der Waals surface area contributed by atoms with Crippen LogP contribution in [0.15, 0.2) is 6.07 Å². The molecule has 138 valence electrons. The SMILES string of the molecule is COc1c(C(C)C)cc2c(c1OC)[C@@]1(C)CCCC(C)(C)[C@@H]1CC2=O. The molecule has 3 heteroatoms. The van der Waals surface area contributed by atoms with E-state index in [-0.39, 0.29) is 22.5 Å². The number of rotatable bonds is 3. The van der Waals surface area contributed by atoms with Crippen molar-refractivity contribution in [3.63, 3.8) is 0 Å². The van der Waals surface area contributed by atoms with Crippen molar-refractivity contribution in [1.82, 2.24) is 0 Å². The number of methoxy groups -OCH3 is 2. The zero-order valence-electron chi connectivity index (χ0n) is 16.8. The number of ketones is 1. The highest BCUT2D eigenvalue weighted by molar-refractivity contribution is 6.01. The number of hydrogen-bond acceptors (Lipinski definition) is 3. The van der Waals surface area contributed by atoms with E-state index in [1.54, 1.807) is 14.2 Å². The number of benzene rings is 1. The summed E-state index contributed by atoms with van der Waals surface area (Å²) in [7, 11) is 3.40. The van der Waals surface area contributed by atoms with Crippen molar-refractivity contribution < 1.29 is 14.3 Å². The summed E-state index contributed by atoms with van der Waals surface area (Å²) in [6, 6.07) is 2.08. The highest BCUT2D eigenvalue weighted by Gasteiger charge is 2.53. The first kappa shape index (κ1) is 18.3. The summed E-state index contributed by atoms with van der Waals surface area (Å²) in [6.07, 6.45) is 4.11. The molecule has 25 heavy (non-hydrogen) atoms. The maximum Gasteiger partial charge on any atom is 0.165 e. The van der Waals surface area contributed by atoms with Gasteiger partial charge in [0.1, 0.15) is 0 Å². The van der Waals surface area contributed by atoms with Crippen LogP contribution < -0.4 is 9.47 Å². The average Bonchev–Trinajstić information content (AvgIpc) is 2.54. The van der Waals surface area contributed by atoms with Crippen molar-refractivity contribution in [3.8, 4) is 11.5 Å². The van der Waals surface area contributed by atoms with Crippen LogP contribution in [0.3, 0.4) is 0 Å². The summed E-state index contributed by atoms with van der Waals surface area (Å²) in [5, 5.41) is 0. The Balaban J connectivity index is 2.34. The highest BCUT2D eigenvalue weighted by atomic mass is 16.5. The Hall–Kier alpha value is -1.51. The Morgan fingerprint density at radius 2 is 1.72 bits per heavy atom. The largest absolute Gasteiger partial charge is 0.493 e. The summed E-state index contributed by atoms with van der Waals surface area (Å²) < 4.78 is 11.6. The second kappa shape index (κ2) is 6.03. The van der Waals surface area contributed by atoms with Crippen molar-refractivity contribution in [1.29, 1.82) is 0 Å². The third-order valence-corrected chi connectivity index (χ3v) is 6.79. The first-order valence-corrected chi connectivity index (χ1v) is 9.50. The van der Waals surface area contributed by atoms with Crippen molar-refractivity contribution in [2.45, 2.75) is 71.6 Å². The van der Waals surface area contributed by atoms with Gasteiger partial charge in [-0.2, -0.15) is 0 Å². The van der Waals surface area contributed by atoms with Crippen LogP contribution in [0.25, 0.3) is 0 Å². The van der Waals surface area contributed by atoms with Gasteiger partial charge in [0.15, 0.2) is 17.3 Å². The van der Waals surface area contributed by atoms with Crippen molar-refractivity contribution in [2.24, 2.45) is 11.3 Å². The molecule has 2 aliphatic rings. The maximum atomic E-state index is 13.1. The molecular weight excluding hydrogens is 312 g/mol. The molecule has 0 amide bonds. The van der Waals surface area contributed by atoms with E-state index in [0.717, 1.165) is 34.6 Å². The van der Waals surface area contributed by atoms with Gasteiger partial charge in [-0.05, 0) is 36.2 Å².